The molecule has 1 unspecified atom stereocenters. The molecule has 3 aromatic heterocycles. The summed E-state index contributed by atoms with van der Waals surface area (Å²) in [5.74, 6) is 0.490. The average Bonchev–Trinajstić information content (AvgIpc) is 3.10. The van der Waals surface area contributed by atoms with Crippen molar-refractivity contribution in [1.82, 2.24) is 15.0 Å². The molecule has 3 heterocycles. The molecule has 0 radical (unpaired) electrons. The average molecular weight is 443 g/mol. The zero-order chi connectivity index (χ0) is 21.3. The number of H-pyrrole nitrogens is 1. The molecular formula is C21H22N4O3S2. The fraction of sp³-hybridized carbons (Fsp3) is 0.190. The van der Waals surface area contributed by atoms with Crippen molar-refractivity contribution in [2.45, 2.75) is 4.21 Å². The number of benzene rings is 1. The van der Waals surface area contributed by atoms with Crippen molar-refractivity contribution in [2.75, 3.05) is 31.5 Å². The fourth-order valence-corrected chi connectivity index (χ4v) is 6.56. The molecule has 0 spiro atoms. The van der Waals surface area contributed by atoms with E-state index in [0.29, 0.717) is 34.3 Å². The lowest BCUT2D eigenvalue weighted by Gasteiger charge is -2.28. The maximum absolute atomic E-state index is 11.8. The van der Waals surface area contributed by atoms with Crippen molar-refractivity contribution >= 4 is 37.5 Å². The maximum Gasteiger partial charge on any atom is 0.251 e. The Bertz CT molecular complexity index is 1250. The molecule has 0 saturated carbocycles. The number of nitrogens with zero attached hydrogens (tertiary/aromatic N) is 2. The van der Waals surface area contributed by atoms with E-state index in [1.165, 1.54) is 23.7 Å². The number of ether oxygens (including phenoxy) is 1. The second-order valence-corrected chi connectivity index (χ2v) is 11.1. The third-order valence-electron chi connectivity index (χ3n) is 4.77. The number of nitrogens with one attached hydrogen (secondary N) is 1. The van der Waals surface area contributed by atoms with Crippen LogP contribution in [0.3, 0.4) is 0 Å². The van der Waals surface area contributed by atoms with Crippen molar-refractivity contribution in [2.24, 2.45) is 0 Å². The summed E-state index contributed by atoms with van der Waals surface area (Å²) in [6.45, 7) is 0.441. The molecule has 0 bridgehead atoms. The highest BCUT2D eigenvalue weighted by molar-refractivity contribution is 8.29. The molecule has 4 N–H and O–H groups in total. The Hall–Kier alpha value is -2.72. The van der Waals surface area contributed by atoms with Crippen molar-refractivity contribution in [3.05, 3.63) is 59.1 Å². The SMILES string of the molecule is COCCS(C)(O)c1sc2nc(-c3cc(=O)[nH]cn3)cc(-c3ccccc3)c2c1N. The van der Waals surface area contributed by atoms with Gasteiger partial charge in [-0.25, -0.2) is 9.97 Å². The summed E-state index contributed by atoms with van der Waals surface area (Å²) in [7, 11) is -0.529. The lowest BCUT2D eigenvalue weighted by molar-refractivity contribution is 0.217. The van der Waals surface area contributed by atoms with Gasteiger partial charge in [-0.3, -0.25) is 4.79 Å². The molecule has 1 atom stereocenters. The number of rotatable bonds is 6. The van der Waals surface area contributed by atoms with Gasteiger partial charge in [0.1, 0.15) is 4.83 Å². The maximum atomic E-state index is 11.8. The van der Waals surface area contributed by atoms with Crippen LogP contribution in [0.25, 0.3) is 32.7 Å². The monoisotopic (exact) mass is 442 g/mol. The van der Waals surface area contributed by atoms with Crippen LogP contribution in [0.5, 0.6) is 0 Å². The number of aromatic amines is 1. The van der Waals surface area contributed by atoms with Crippen molar-refractivity contribution < 1.29 is 9.29 Å². The van der Waals surface area contributed by atoms with Gasteiger partial charge in [-0.1, -0.05) is 30.3 Å². The summed E-state index contributed by atoms with van der Waals surface area (Å²) in [6, 6.07) is 13.2. The second-order valence-electron chi connectivity index (χ2n) is 6.94. The van der Waals surface area contributed by atoms with Crippen LogP contribution in [0, 0.1) is 0 Å². The largest absolute Gasteiger partial charge is 0.397 e. The van der Waals surface area contributed by atoms with E-state index in [-0.39, 0.29) is 5.56 Å². The summed E-state index contributed by atoms with van der Waals surface area (Å²) in [5.41, 5.74) is 9.78. The molecule has 0 saturated heterocycles. The smallest absolute Gasteiger partial charge is 0.251 e. The third kappa shape index (κ3) is 3.84. The van der Waals surface area contributed by atoms with Gasteiger partial charge >= 0.3 is 0 Å². The summed E-state index contributed by atoms with van der Waals surface area (Å²) in [4.78, 5) is 24.0. The molecule has 156 valence electrons. The predicted molar refractivity (Wildman–Crippen MR) is 124 cm³/mol. The quantitative estimate of drug-likeness (QED) is 0.412. The molecule has 0 aliphatic carbocycles. The van der Waals surface area contributed by atoms with Crippen LogP contribution in [-0.2, 0) is 4.74 Å². The van der Waals surface area contributed by atoms with Gasteiger partial charge in [-0.05, 0) is 23.4 Å². The number of pyridine rings is 1. The molecule has 9 heteroatoms. The standard InChI is InChI=1S/C21H22N4O3S2/c1-28-8-9-30(2,27)21-19(22)18-14(13-6-4-3-5-7-13)10-16(25-20(18)29-21)15-11-17(26)24-12-23-15/h3-7,10-12,27H,8-9,22H2,1-2H3,(H,23,24,26). The third-order valence-corrected chi connectivity index (χ3v) is 8.98. The van der Waals surface area contributed by atoms with E-state index in [4.69, 9.17) is 15.5 Å². The number of nitrogen functional groups attached to an aromatic ring is 1. The molecule has 4 rings (SSSR count). The Kier molecular flexibility index (Phi) is 5.61. The van der Waals surface area contributed by atoms with Gasteiger partial charge in [-0.15, -0.1) is 21.6 Å². The highest BCUT2D eigenvalue weighted by Gasteiger charge is 2.27. The zero-order valence-electron chi connectivity index (χ0n) is 16.6. The highest BCUT2D eigenvalue weighted by Crippen LogP contribution is 2.57. The molecule has 0 amide bonds. The van der Waals surface area contributed by atoms with E-state index in [1.54, 1.807) is 7.11 Å². The van der Waals surface area contributed by atoms with Gasteiger partial charge in [0.05, 0.1) is 34.2 Å². The number of fused-ring (bicyclic) bond motifs is 1. The number of nitrogens with two attached hydrogens (primary N) is 1. The molecule has 4 aromatic rings. The van der Waals surface area contributed by atoms with E-state index in [2.05, 4.69) is 9.97 Å². The Labute approximate surface area is 179 Å². The minimum absolute atomic E-state index is 0.249. The van der Waals surface area contributed by atoms with E-state index in [0.717, 1.165) is 20.7 Å². The van der Waals surface area contributed by atoms with Gasteiger partial charge in [0.2, 0.25) is 0 Å². The van der Waals surface area contributed by atoms with Gasteiger partial charge in [0.15, 0.2) is 0 Å². The van der Waals surface area contributed by atoms with Gasteiger partial charge < -0.3 is 20.0 Å². The molecule has 1 aromatic carbocycles. The van der Waals surface area contributed by atoms with Crippen LogP contribution in [0.4, 0.5) is 5.69 Å². The van der Waals surface area contributed by atoms with Crippen LogP contribution >= 0.6 is 21.6 Å². The molecule has 0 fully saturated rings. The summed E-state index contributed by atoms with van der Waals surface area (Å²) in [5, 5.41) is 0.806. The minimum Gasteiger partial charge on any atom is -0.397 e. The number of hydrogen-bond donors (Lipinski definition) is 3. The van der Waals surface area contributed by atoms with Gasteiger partial charge in [0, 0.05) is 24.3 Å². The number of thiophene rings is 1. The predicted octanol–water partition coefficient (Wildman–Crippen LogP) is 4.21. The molecule has 0 aliphatic heterocycles. The van der Waals surface area contributed by atoms with Crippen molar-refractivity contribution in [1.29, 1.82) is 0 Å². The van der Waals surface area contributed by atoms with E-state index in [9.17, 15) is 9.35 Å². The number of hydrogen-bond acceptors (Lipinski definition) is 7. The highest BCUT2D eigenvalue weighted by atomic mass is 32.3. The Morgan fingerprint density at radius 2 is 2.00 bits per heavy atom. The topological polar surface area (TPSA) is 114 Å². The van der Waals surface area contributed by atoms with Gasteiger partial charge in [-0.2, -0.15) is 0 Å². The van der Waals surface area contributed by atoms with Crippen LogP contribution in [0.15, 0.2) is 57.8 Å². The number of methoxy groups -OCH3 is 1. The minimum atomic E-state index is -2.14. The first-order chi connectivity index (χ1) is 14.4. The molecule has 7 nitrogen and oxygen atoms in total. The molecule has 0 aliphatic rings. The van der Waals surface area contributed by atoms with Crippen LogP contribution < -0.4 is 11.3 Å². The normalized spacial score (nSPS) is 14.5. The van der Waals surface area contributed by atoms with Crippen molar-refractivity contribution in [3.8, 4) is 22.5 Å². The van der Waals surface area contributed by atoms with Gasteiger partial charge in [0.25, 0.3) is 5.56 Å². The zero-order valence-corrected chi connectivity index (χ0v) is 18.2. The summed E-state index contributed by atoms with van der Waals surface area (Å²) in [6.07, 6.45) is 3.17. The molecule has 30 heavy (non-hydrogen) atoms. The summed E-state index contributed by atoms with van der Waals surface area (Å²) >= 11 is 1.38. The van der Waals surface area contributed by atoms with Crippen LogP contribution in [0.1, 0.15) is 0 Å². The first-order valence-corrected chi connectivity index (χ1v) is 12.2. The van der Waals surface area contributed by atoms with Crippen LogP contribution in [0.2, 0.25) is 0 Å². The van der Waals surface area contributed by atoms with E-state index in [1.807, 2.05) is 42.7 Å². The Morgan fingerprint density at radius 1 is 1.23 bits per heavy atom. The Morgan fingerprint density at radius 3 is 2.70 bits per heavy atom. The first kappa shape index (κ1) is 20.5. The van der Waals surface area contributed by atoms with E-state index >= 15 is 0 Å². The van der Waals surface area contributed by atoms with Crippen LogP contribution in [-0.4, -0.2) is 45.2 Å². The Balaban J connectivity index is 1.99. The summed E-state index contributed by atoms with van der Waals surface area (Å²) < 4.78 is 17.0. The number of aromatic nitrogens is 3. The van der Waals surface area contributed by atoms with E-state index < -0.39 is 10.3 Å². The lowest BCUT2D eigenvalue weighted by Crippen LogP contribution is -2.08. The van der Waals surface area contributed by atoms with Crippen molar-refractivity contribution in [3.63, 3.8) is 0 Å². The number of anilines is 1. The fourth-order valence-electron chi connectivity index (χ4n) is 3.25. The molecular weight excluding hydrogens is 420 g/mol. The second kappa shape index (κ2) is 8.19. The first-order valence-electron chi connectivity index (χ1n) is 9.21. The lowest BCUT2D eigenvalue weighted by atomic mass is 10.0.